The zero-order valence-corrected chi connectivity index (χ0v) is 29.0. The Balaban J connectivity index is 1.41. The number of anilines is 3. The van der Waals surface area contributed by atoms with Crippen LogP contribution in [-0.2, 0) is 6.18 Å². The molecule has 8 rings (SSSR count). The first-order chi connectivity index (χ1) is 25.2. The molecule has 0 bridgehead atoms. The predicted molar refractivity (Wildman–Crippen MR) is 189 cm³/mol. The quantitative estimate of drug-likeness (QED) is 0.137. The molecule has 11 nitrogen and oxygen atoms in total. The summed E-state index contributed by atoms with van der Waals surface area (Å²) in [6.45, 7) is 11.0. The van der Waals surface area contributed by atoms with Gasteiger partial charge in [-0.3, -0.25) is 4.90 Å². The Morgan fingerprint density at radius 2 is 1.87 bits per heavy atom. The van der Waals surface area contributed by atoms with Gasteiger partial charge in [-0.25, -0.2) is 18.7 Å². The summed E-state index contributed by atoms with van der Waals surface area (Å²) in [5.74, 6) is -2.96. The number of nitriles is 1. The van der Waals surface area contributed by atoms with Gasteiger partial charge in [-0.2, -0.15) is 28.4 Å². The maximum absolute atomic E-state index is 17.4. The van der Waals surface area contributed by atoms with E-state index >= 15 is 22.0 Å². The van der Waals surface area contributed by atoms with E-state index in [1.54, 1.807) is 11.8 Å². The number of alkyl halides is 3. The molecule has 2 aromatic carbocycles. The first kappa shape index (κ1) is 34.5. The first-order valence-corrected chi connectivity index (χ1v) is 17.3. The van der Waals surface area contributed by atoms with Gasteiger partial charge in [-0.05, 0) is 31.4 Å². The van der Waals surface area contributed by atoms with E-state index in [0.29, 0.717) is 42.8 Å². The third-order valence-corrected chi connectivity index (χ3v) is 11.2. The monoisotopic (exact) mass is 747 g/mol. The molecule has 0 unspecified atom stereocenters. The Labute approximate surface area is 303 Å². The molecule has 6 heterocycles. The van der Waals surface area contributed by atoms with Crippen molar-refractivity contribution in [2.45, 2.75) is 37.5 Å². The Morgan fingerprint density at radius 1 is 1.13 bits per heavy atom. The number of hydrogen-bond donors (Lipinski definition) is 2. The molecule has 5 aromatic rings. The van der Waals surface area contributed by atoms with Crippen LogP contribution in [0, 0.1) is 23.0 Å². The van der Waals surface area contributed by atoms with Crippen molar-refractivity contribution >= 4 is 49.0 Å². The SMILES string of the molecule is C=C1CN2CC(=C)CC2(COc2nc3c4c(c(C(F)(F)F)c(-c5ccc(F)c6sc(N)c(C#N)c56)c(F)c4n2)OCCN3[C@H](C)c2cncnc2N)C1. The second kappa shape index (κ2) is 12.2. The van der Waals surface area contributed by atoms with Crippen molar-refractivity contribution in [2.75, 3.05) is 49.2 Å². The van der Waals surface area contributed by atoms with Crippen molar-refractivity contribution in [1.29, 1.82) is 5.26 Å². The standard InChI is InChI=1S/C36H30F5N9O2S/c1-16-8-35(9-17(2)13-49(35)12-16)14-52-34-47-28-25-29(51-7-6-50(33(25)48-34)18(3)21-11-45-15-46-31(21)43)26(36(39,40)41)24(27(28)38)19-4-5-22(37)30-23(19)20(10-42)32(44)53-30/h4-5,11,15,18H,1-2,6-9,12-14,44H2,3H3,(H2,43,45,46)/t18-/m1/s1. The van der Waals surface area contributed by atoms with Gasteiger partial charge in [0.05, 0.1) is 33.8 Å². The van der Waals surface area contributed by atoms with Gasteiger partial charge in [-0.15, -0.1) is 11.3 Å². The molecule has 272 valence electrons. The smallest absolute Gasteiger partial charge is 0.420 e. The molecule has 2 saturated heterocycles. The zero-order valence-electron chi connectivity index (χ0n) is 28.2. The van der Waals surface area contributed by atoms with Crippen LogP contribution in [0.15, 0.2) is 49.0 Å². The number of hydrogen-bond acceptors (Lipinski definition) is 12. The second-order valence-corrected chi connectivity index (χ2v) is 14.6. The van der Waals surface area contributed by atoms with Crippen LogP contribution in [0.2, 0.25) is 0 Å². The third kappa shape index (κ3) is 5.38. The van der Waals surface area contributed by atoms with E-state index in [9.17, 15) is 5.26 Å². The molecule has 3 aliphatic heterocycles. The van der Waals surface area contributed by atoms with Crippen molar-refractivity contribution in [2.24, 2.45) is 0 Å². The lowest BCUT2D eigenvalue weighted by Gasteiger charge is -2.31. The van der Waals surface area contributed by atoms with Crippen LogP contribution < -0.4 is 25.8 Å². The van der Waals surface area contributed by atoms with Gasteiger partial charge in [0, 0.05) is 35.8 Å². The zero-order chi connectivity index (χ0) is 37.6. The fraction of sp³-hybridized carbons (Fsp3) is 0.306. The second-order valence-electron chi connectivity index (χ2n) is 13.5. The molecule has 3 aliphatic rings. The molecule has 0 saturated carbocycles. The van der Waals surface area contributed by atoms with Gasteiger partial charge in [0.25, 0.3) is 0 Å². The highest BCUT2D eigenvalue weighted by Crippen LogP contribution is 2.54. The molecule has 2 fully saturated rings. The molecule has 0 amide bonds. The number of nitrogens with zero attached hydrogens (tertiary/aromatic N) is 7. The van der Waals surface area contributed by atoms with Crippen LogP contribution in [0.1, 0.15) is 42.5 Å². The summed E-state index contributed by atoms with van der Waals surface area (Å²) in [6, 6.07) is 2.75. The van der Waals surface area contributed by atoms with Crippen LogP contribution in [0.3, 0.4) is 0 Å². The fourth-order valence-corrected chi connectivity index (χ4v) is 8.88. The molecule has 53 heavy (non-hydrogen) atoms. The average molecular weight is 748 g/mol. The summed E-state index contributed by atoms with van der Waals surface area (Å²) in [5.41, 5.74) is 10.4. The third-order valence-electron chi connectivity index (χ3n) is 10.2. The van der Waals surface area contributed by atoms with Crippen LogP contribution in [-0.4, -0.2) is 63.2 Å². The largest absolute Gasteiger partial charge is 0.490 e. The number of fused-ring (bicyclic) bond motifs is 2. The lowest BCUT2D eigenvalue weighted by molar-refractivity contribution is -0.138. The first-order valence-electron chi connectivity index (χ1n) is 16.4. The van der Waals surface area contributed by atoms with Gasteiger partial charge >= 0.3 is 12.2 Å². The summed E-state index contributed by atoms with van der Waals surface area (Å²) in [4.78, 5) is 21.0. The van der Waals surface area contributed by atoms with Crippen molar-refractivity contribution in [3.63, 3.8) is 0 Å². The van der Waals surface area contributed by atoms with E-state index in [1.165, 1.54) is 12.5 Å². The lowest BCUT2D eigenvalue weighted by atomic mass is 9.91. The number of nitrogens with two attached hydrogens (primary N) is 2. The van der Waals surface area contributed by atoms with Crippen molar-refractivity contribution < 1.29 is 31.4 Å². The highest BCUT2D eigenvalue weighted by atomic mass is 32.1. The maximum atomic E-state index is 17.4. The van der Waals surface area contributed by atoms with Crippen LogP contribution in [0.5, 0.6) is 11.8 Å². The van der Waals surface area contributed by atoms with E-state index in [-0.39, 0.29) is 63.4 Å². The molecule has 4 N–H and O–H groups in total. The maximum Gasteiger partial charge on any atom is 0.420 e. The van der Waals surface area contributed by atoms with Crippen molar-refractivity contribution in [3.05, 3.63) is 77.3 Å². The summed E-state index contributed by atoms with van der Waals surface area (Å²) in [6.07, 6.45) is -1.26. The van der Waals surface area contributed by atoms with Crippen LogP contribution >= 0.6 is 11.3 Å². The predicted octanol–water partition coefficient (Wildman–Crippen LogP) is 6.93. The van der Waals surface area contributed by atoms with Crippen molar-refractivity contribution in [3.8, 4) is 29.0 Å². The lowest BCUT2D eigenvalue weighted by Crippen LogP contribution is -2.43. The van der Waals surface area contributed by atoms with E-state index in [4.69, 9.17) is 20.9 Å². The Bertz CT molecular complexity index is 2420. The highest BCUT2D eigenvalue weighted by Gasteiger charge is 2.49. The van der Waals surface area contributed by atoms with Gasteiger partial charge < -0.3 is 25.8 Å². The topological polar surface area (TPSA) is 152 Å². The molecule has 17 heteroatoms. The normalized spacial score (nSPS) is 17.6. The molecule has 0 radical (unpaired) electrons. The summed E-state index contributed by atoms with van der Waals surface area (Å²) in [5, 5.41) is 9.18. The van der Waals surface area contributed by atoms with E-state index in [1.807, 2.05) is 6.07 Å². The van der Waals surface area contributed by atoms with Crippen molar-refractivity contribution in [1.82, 2.24) is 24.8 Å². The van der Waals surface area contributed by atoms with Gasteiger partial charge in [0.2, 0.25) is 0 Å². The molecular formula is C36H30F5N9O2S. The fourth-order valence-electron chi connectivity index (χ4n) is 7.93. The molecular weight excluding hydrogens is 718 g/mol. The molecule has 3 aromatic heterocycles. The molecule has 0 aliphatic carbocycles. The van der Waals surface area contributed by atoms with E-state index < -0.39 is 57.3 Å². The number of aromatic nitrogens is 4. The summed E-state index contributed by atoms with van der Waals surface area (Å²) >= 11 is 0.676. The minimum atomic E-state index is -5.22. The number of benzene rings is 2. The molecule has 0 spiro atoms. The minimum absolute atomic E-state index is 0.0260. The van der Waals surface area contributed by atoms with Crippen LogP contribution in [0.25, 0.3) is 32.1 Å². The van der Waals surface area contributed by atoms with E-state index in [2.05, 4.69) is 38.0 Å². The number of thiophene rings is 1. The Hall–Kier alpha value is -5.60. The number of rotatable bonds is 6. The number of nitrogen functional groups attached to an aromatic ring is 2. The van der Waals surface area contributed by atoms with Crippen LogP contribution in [0.4, 0.5) is 38.6 Å². The Morgan fingerprint density at radius 3 is 2.55 bits per heavy atom. The Kier molecular flexibility index (Phi) is 7.96. The highest BCUT2D eigenvalue weighted by molar-refractivity contribution is 7.23. The molecule has 1 atom stereocenters. The van der Waals surface area contributed by atoms with Gasteiger partial charge in [-0.1, -0.05) is 30.4 Å². The minimum Gasteiger partial charge on any atom is -0.490 e. The number of halogens is 5. The van der Waals surface area contributed by atoms with Gasteiger partial charge in [0.15, 0.2) is 5.82 Å². The summed E-state index contributed by atoms with van der Waals surface area (Å²) < 4.78 is 90.8. The summed E-state index contributed by atoms with van der Waals surface area (Å²) in [7, 11) is 0. The number of ether oxygens (including phenoxy) is 2. The average Bonchev–Trinajstić information content (AvgIpc) is 3.65. The van der Waals surface area contributed by atoms with E-state index in [0.717, 1.165) is 23.3 Å². The van der Waals surface area contributed by atoms with Gasteiger partial charge in [0.1, 0.15) is 64.9 Å².